The molecule has 0 aliphatic heterocycles. The summed E-state index contributed by atoms with van der Waals surface area (Å²) in [5, 5.41) is 11.4. The Morgan fingerprint density at radius 3 is 2.56 bits per heavy atom. The monoisotopic (exact) mass is 253 g/mol. The summed E-state index contributed by atoms with van der Waals surface area (Å²) in [6, 6.07) is 3.57. The Labute approximate surface area is 106 Å². The summed E-state index contributed by atoms with van der Waals surface area (Å²) >= 11 is 0. The first-order valence-corrected chi connectivity index (χ1v) is 6.07. The summed E-state index contributed by atoms with van der Waals surface area (Å²) in [4.78, 5) is 21.6. The van der Waals surface area contributed by atoms with Gasteiger partial charge in [-0.2, -0.15) is 0 Å². The Morgan fingerprint density at radius 2 is 2.06 bits per heavy atom. The summed E-state index contributed by atoms with van der Waals surface area (Å²) in [6.45, 7) is 3.42. The van der Waals surface area contributed by atoms with Gasteiger partial charge in [-0.05, 0) is 18.6 Å². The Hall–Kier alpha value is -1.78. The molecule has 2 N–H and O–H groups in total. The average Bonchev–Trinajstić information content (AvgIpc) is 2.73. The second-order valence-electron chi connectivity index (χ2n) is 4.26. The molecule has 0 saturated carbocycles. The van der Waals surface area contributed by atoms with E-state index in [-0.39, 0.29) is 18.4 Å². The topological polar surface area (TPSA) is 79.5 Å². The number of carboxylic acids is 1. The van der Waals surface area contributed by atoms with E-state index >= 15 is 0 Å². The fraction of sp³-hybridized carbons (Fsp3) is 0.538. The van der Waals surface area contributed by atoms with E-state index in [1.54, 1.807) is 0 Å². The number of hydrogen-bond donors (Lipinski definition) is 2. The van der Waals surface area contributed by atoms with E-state index < -0.39 is 5.97 Å². The van der Waals surface area contributed by atoms with Crippen LogP contribution in [-0.4, -0.2) is 23.0 Å². The quantitative estimate of drug-likeness (QED) is 0.776. The van der Waals surface area contributed by atoms with Gasteiger partial charge in [-0.25, -0.2) is 0 Å². The molecule has 0 fully saturated rings. The number of carbonyl (C=O) groups excluding carboxylic acids is 1. The number of furan rings is 1. The third kappa shape index (κ3) is 5.03. The first-order chi connectivity index (χ1) is 8.51. The van der Waals surface area contributed by atoms with Crippen LogP contribution in [0.4, 0.5) is 0 Å². The lowest BCUT2D eigenvalue weighted by Crippen LogP contribution is -2.35. The van der Waals surface area contributed by atoms with E-state index in [0.717, 1.165) is 17.9 Å². The van der Waals surface area contributed by atoms with E-state index in [0.29, 0.717) is 12.8 Å². The molecule has 5 nitrogen and oxygen atoms in total. The highest BCUT2D eigenvalue weighted by atomic mass is 16.4. The van der Waals surface area contributed by atoms with Gasteiger partial charge in [-0.15, -0.1) is 0 Å². The molecule has 0 saturated heterocycles. The molecule has 1 aromatic rings. The van der Waals surface area contributed by atoms with Crippen molar-refractivity contribution >= 4 is 11.9 Å². The van der Waals surface area contributed by atoms with E-state index in [4.69, 9.17) is 9.52 Å². The largest absolute Gasteiger partial charge is 0.481 e. The number of rotatable bonds is 7. The standard InChI is InChI=1S/C13H19NO4/c1-3-11-5-6-12(18-11)8-10(14-9(2)15)4-7-13(16)17/h5-6,10H,3-4,7-8H2,1-2H3,(H,14,15)(H,16,17). The Morgan fingerprint density at radius 1 is 1.39 bits per heavy atom. The van der Waals surface area contributed by atoms with Crippen LogP contribution in [-0.2, 0) is 22.4 Å². The number of aliphatic carboxylic acids is 1. The van der Waals surface area contributed by atoms with Crippen molar-refractivity contribution in [2.24, 2.45) is 0 Å². The van der Waals surface area contributed by atoms with Crippen molar-refractivity contribution in [1.82, 2.24) is 5.32 Å². The fourth-order valence-corrected chi connectivity index (χ4v) is 1.78. The predicted octanol–water partition coefficient (Wildman–Crippen LogP) is 1.75. The maximum Gasteiger partial charge on any atom is 0.303 e. The molecule has 1 unspecified atom stereocenters. The minimum Gasteiger partial charge on any atom is -0.481 e. The summed E-state index contributed by atoms with van der Waals surface area (Å²) in [5.74, 6) is 0.646. The van der Waals surface area contributed by atoms with Gasteiger partial charge < -0.3 is 14.8 Å². The van der Waals surface area contributed by atoms with Gasteiger partial charge in [0.15, 0.2) is 0 Å². The summed E-state index contributed by atoms with van der Waals surface area (Å²) < 4.78 is 5.55. The van der Waals surface area contributed by atoms with E-state index in [1.165, 1.54) is 6.92 Å². The molecule has 100 valence electrons. The molecule has 1 heterocycles. The van der Waals surface area contributed by atoms with Gasteiger partial charge >= 0.3 is 5.97 Å². The predicted molar refractivity (Wildman–Crippen MR) is 66.3 cm³/mol. The molecule has 0 aromatic carbocycles. The van der Waals surface area contributed by atoms with Gasteiger partial charge in [0.1, 0.15) is 11.5 Å². The van der Waals surface area contributed by atoms with Gasteiger partial charge in [-0.3, -0.25) is 9.59 Å². The SMILES string of the molecule is CCc1ccc(CC(CCC(=O)O)NC(C)=O)o1. The maximum absolute atomic E-state index is 11.1. The molecule has 0 aliphatic carbocycles. The van der Waals surface area contributed by atoms with Crippen LogP contribution in [0.25, 0.3) is 0 Å². The lowest BCUT2D eigenvalue weighted by molar-refractivity contribution is -0.137. The smallest absolute Gasteiger partial charge is 0.303 e. The van der Waals surface area contributed by atoms with Crippen LogP contribution in [0, 0.1) is 0 Å². The van der Waals surface area contributed by atoms with Crippen molar-refractivity contribution in [2.45, 2.75) is 45.6 Å². The van der Waals surface area contributed by atoms with Crippen LogP contribution >= 0.6 is 0 Å². The summed E-state index contributed by atoms with van der Waals surface area (Å²) in [6.07, 6.45) is 1.77. The Balaban J connectivity index is 2.58. The van der Waals surface area contributed by atoms with Crippen LogP contribution in [0.1, 0.15) is 38.2 Å². The van der Waals surface area contributed by atoms with Crippen LogP contribution < -0.4 is 5.32 Å². The first kappa shape index (κ1) is 14.3. The normalized spacial score (nSPS) is 12.1. The maximum atomic E-state index is 11.1. The zero-order valence-corrected chi connectivity index (χ0v) is 10.7. The van der Waals surface area contributed by atoms with E-state index in [9.17, 15) is 9.59 Å². The van der Waals surface area contributed by atoms with Gasteiger partial charge in [0.2, 0.25) is 5.91 Å². The minimum absolute atomic E-state index is 0.0340. The molecule has 1 atom stereocenters. The molecule has 0 radical (unpaired) electrons. The number of hydrogen-bond acceptors (Lipinski definition) is 3. The van der Waals surface area contributed by atoms with Gasteiger partial charge in [0, 0.05) is 32.2 Å². The molecular weight excluding hydrogens is 234 g/mol. The fourth-order valence-electron chi connectivity index (χ4n) is 1.78. The highest BCUT2D eigenvalue weighted by Crippen LogP contribution is 2.13. The molecule has 1 aromatic heterocycles. The Kier molecular flexibility index (Phi) is 5.42. The molecule has 0 aliphatic rings. The highest BCUT2D eigenvalue weighted by Gasteiger charge is 2.14. The number of nitrogens with one attached hydrogen (secondary N) is 1. The van der Waals surface area contributed by atoms with Gasteiger partial charge in [-0.1, -0.05) is 6.92 Å². The first-order valence-electron chi connectivity index (χ1n) is 6.07. The van der Waals surface area contributed by atoms with Crippen LogP contribution in [0.2, 0.25) is 0 Å². The van der Waals surface area contributed by atoms with Gasteiger partial charge in [0.25, 0.3) is 0 Å². The van der Waals surface area contributed by atoms with Crippen molar-refractivity contribution in [3.05, 3.63) is 23.7 Å². The van der Waals surface area contributed by atoms with Crippen LogP contribution in [0.15, 0.2) is 16.5 Å². The molecule has 0 bridgehead atoms. The van der Waals surface area contributed by atoms with Gasteiger partial charge in [0.05, 0.1) is 0 Å². The molecule has 18 heavy (non-hydrogen) atoms. The van der Waals surface area contributed by atoms with E-state index in [1.807, 2.05) is 19.1 Å². The van der Waals surface area contributed by atoms with Crippen LogP contribution in [0.3, 0.4) is 0 Å². The molecule has 0 spiro atoms. The third-order valence-electron chi connectivity index (χ3n) is 2.63. The molecule has 1 rings (SSSR count). The zero-order valence-electron chi connectivity index (χ0n) is 10.7. The second-order valence-corrected chi connectivity index (χ2v) is 4.26. The molecular formula is C13H19NO4. The van der Waals surface area contributed by atoms with Crippen molar-refractivity contribution in [2.75, 3.05) is 0 Å². The molecule has 5 heteroatoms. The summed E-state index contributed by atoms with van der Waals surface area (Å²) in [7, 11) is 0. The lowest BCUT2D eigenvalue weighted by Gasteiger charge is -2.15. The van der Waals surface area contributed by atoms with Crippen molar-refractivity contribution in [1.29, 1.82) is 0 Å². The number of carbonyl (C=O) groups is 2. The van der Waals surface area contributed by atoms with Crippen molar-refractivity contribution in [3.8, 4) is 0 Å². The average molecular weight is 253 g/mol. The van der Waals surface area contributed by atoms with E-state index in [2.05, 4.69) is 5.32 Å². The zero-order chi connectivity index (χ0) is 13.5. The molecule has 1 amide bonds. The van der Waals surface area contributed by atoms with Crippen molar-refractivity contribution < 1.29 is 19.1 Å². The van der Waals surface area contributed by atoms with Crippen molar-refractivity contribution in [3.63, 3.8) is 0 Å². The second kappa shape index (κ2) is 6.83. The number of carboxylic acid groups (broad SMARTS) is 1. The number of amides is 1. The Bertz CT molecular complexity index is 411. The third-order valence-corrected chi connectivity index (χ3v) is 2.63. The van der Waals surface area contributed by atoms with Crippen LogP contribution in [0.5, 0.6) is 0 Å². The number of aryl methyl sites for hydroxylation is 1. The lowest BCUT2D eigenvalue weighted by atomic mass is 10.1. The summed E-state index contributed by atoms with van der Waals surface area (Å²) in [5.41, 5.74) is 0. The minimum atomic E-state index is -0.862. The highest BCUT2D eigenvalue weighted by molar-refractivity contribution is 5.73.